The average molecular weight is 290 g/mol. The van der Waals surface area contributed by atoms with Crippen LogP contribution in [0.15, 0.2) is 30.3 Å². The normalized spacial score (nSPS) is 12.4. The first-order valence-corrected chi connectivity index (χ1v) is 7.27. The number of hydrogen-bond acceptors (Lipinski definition) is 3. The fourth-order valence-electron chi connectivity index (χ4n) is 2.36. The van der Waals surface area contributed by atoms with Gasteiger partial charge in [-0.3, -0.25) is 0 Å². The van der Waals surface area contributed by atoms with Crippen molar-refractivity contribution in [2.24, 2.45) is 0 Å². The molecular formula is C16H20ClN3. The van der Waals surface area contributed by atoms with Gasteiger partial charge in [-0.2, -0.15) is 10.2 Å². The Labute approximate surface area is 125 Å². The molecule has 3 nitrogen and oxygen atoms in total. The first-order valence-electron chi connectivity index (χ1n) is 6.89. The van der Waals surface area contributed by atoms with Crippen LogP contribution >= 0.6 is 11.6 Å². The summed E-state index contributed by atoms with van der Waals surface area (Å²) in [4.78, 5) is 0. The first kappa shape index (κ1) is 14.9. The maximum atomic E-state index is 6.26. The molecule has 1 heterocycles. The Morgan fingerprint density at radius 3 is 2.65 bits per heavy atom. The lowest BCUT2D eigenvalue weighted by atomic mass is 9.96. The fraction of sp³-hybridized carbons (Fsp3) is 0.375. The molecule has 1 N–H and O–H groups in total. The van der Waals surface area contributed by atoms with Crippen LogP contribution in [0.4, 0.5) is 0 Å². The molecule has 2 aromatic rings. The Balaban J connectivity index is 2.33. The van der Waals surface area contributed by atoms with E-state index in [1.165, 1.54) is 5.56 Å². The quantitative estimate of drug-likeness (QED) is 0.915. The summed E-state index contributed by atoms with van der Waals surface area (Å²) in [5, 5.41) is 12.6. The van der Waals surface area contributed by atoms with Gasteiger partial charge >= 0.3 is 0 Å². The third-order valence-electron chi connectivity index (χ3n) is 3.47. The zero-order valence-corrected chi connectivity index (χ0v) is 12.9. The van der Waals surface area contributed by atoms with E-state index < -0.39 is 0 Å². The molecule has 0 spiro atoms. The molecule has 20 heavy (non-hydrogen) atoms. The standard InChI is InChI=1S/C16H20ClN3/c1-4-15-13(9-11(2)19-20-15)16(18-3)10-12-7-5-6-8-14(12)17/h5-9,16,18H,4,10H2,1-3H3. The number of aryl methyl sites for hydroxylation is 2. The minimum absolute atomic E-state index is 0.194. The van der Waals surface area contributed by atoms with E-state index in [9.17, 15) is 0 Å². The van der Waals surface area contributed by atoms with Gasteiger partial charge < -0.3 is 5.32 Å². The van der Waals surface area contributed by atoms with E-state index in [1.807, 2.05) is 32.2 Å². The monoisotopic (exact) mass is 289 g/mol. The molecule has 0 saturated heterocycles. The van der Waals surface area contributed by atoms with Crippen molar-refractivity contribution in [1.82, 2.24) is 15.5 Å². The zero-order chi connectivity index (χ0) is 14.5. The van der Waals surface area contributed by atoms with Gasteiger partial charge in [-0.25, -0.2) is 0 Å². The average Bonchev–Trinajstić information content (AvgIpc) is 2.46. The second-order valence-electron chi connectivity index (χ2n) is 4.88. The molecule has 1 aromatic heterocycles. The molecule has 4 heteroatoms. The SMILES string of the molecule is CCc1nnc(C)cc1C(Cc1ccccc1Cl)NC. The van der Waals surface area contributed by atoms with Gasteiger partial charge in [0.25, 0.3) is 0 Å². The summed E-state index contributed by atoms with van der Waals surface area (Å²) >= 11 is 6.26. The molecule has 1 atom stereocenters. The van der Waals surface area contributed by atoms with Crippen LogP contribution in [0, 0.1) is 6.92 Å². The number of hydrogen-bond donors (Lipinski definition) is 1. The lowest BCUT2D eigenvalue weighted by Gasteiger charge is -2.20. The maximum absolute atomic E-state index is 6.26. The maximum Gasteiger partial charge on any atom is 0.0676 e. The van der Waals surface area contributed by atoms with E-state index >= 15 is 0 Å². The zero-order valence-electron chi connectivity index (χ0n) is 12.2. The Kier molecular flexibility index (Phi) is 5.10. The molecular weight excluding hydrogens is 270 g/mol. The van der Waals surface area contributed by atoms with Gasteiger partial charge in [0.2, 0.25) is 0 Å². The van der Waals surface area contributed by atoms with Gasteiger partial charge in [0.15, 0.2) is 0 Å². The van der Waals surface area contributed by atoms with Gasteiger partial charge in [-0.15, -0.1) is 0 Å². The summed E-state index contributed by atoms with van der Waals surface area (Å²) < 4.78 is 0. The molecule has 2 rings (SSSR count). The Bertz CT molecular complexity index is 584. The number of halogens is 1. The molecule has 106 valence electrons. The van der Waals surface area contributed by atoms with Crippen molar-refractivity contribution in [3.05, 3.63) is 57.9 Å². The summed E-state index contributed by atoms with van der Waals surface area (Å²) in [6.45, 7) is 4.07. The number of rotatable bonds is 5. The number of nitrogens with one attached hydrogen (secondary N) is 1. The first-order chi connectivity index (χ1) is 9.65. The topological polar surface area (TPSA) is 37.8 Å². The van der Waals surface area contributed by atoms with Crippen molar-refractivity contribution in [3.63, 3.8) is 0 Å². The smallest absolute Gasteiger partial charge is 0.0676 e. The molecule has 0 bridgehead atoms. The second-order valence-corrected chi connectivity index (χ2v) is 5.29. The van der Waals surface area contributed by atoms with Gasteiger partial charge in [0.1, 0.15) is 0 Å². The van der Waals surface area contributed by atoms with E-state index in [-0.39, 0.29) is 6.04 Å². The van der Waals surface area contributed by atoms with Crippen LogP contribution in [0.25, 0.3) is 0 Å². The van der Waals surface area contributed by atoms with Crippen LogP contribution in [0.2, 0.25) is 5.02 Å². The van der Waals surface area contributed by atoms with E-state index in [0.29, 0.717) is 0 Å². The summed E-state index contributed by atoms with van der Waals surface area (Å²) in [5.41, 5.74) is 4.34. The summed E-state index contributed by atoms with van der Waals surface area (Å²) in [6, 6.07) is 10.3. The fourth-order valence-corrected chi connectivity index (χ4v) is 2.57. The van der Waals surface area contributed by atoms with Gasteiger partial charge in [-0.1, -0.05) is 36.7 Å². The predicted octanol–water partition coefficient (Wildman–Crippen LogP) is 3.50. The Hall–Kier alpha value is -1.45. The van der Waals surface area contributed by atoms with E-state index in [1.54, 1.807) is 0 Å². The minimum atomic E-state index is 0.194. The van der Waals surface area contributed by atoms with Crippen molar-refractivity contribution in [3.8, 4) is 0 Å². The van der Waals surface area contributed by atoms with Crippen LogP contribution in [0.3, 0.4) is 0 Å². The Morgan fingerprint density at radius 2 is 2.00 bits per heavy atom. The highest BCUT2D eigenvalue weighted by atomic mass is 35.5. The highest BCUT2D eigenvalue weighted by Crippen LogP contribution is 2.25. The van der Waals surface area contributed by atoms with Crippen LogP contribution < -0.4 is 5.32 Å². The molecule has 0 fully saturated rings. The predicted molar refractivity (Wildman–Crippen MR) is 83.1 cm³/mol. The van der Waals surface area contributed by atoms with Crippen LogP contribution in [0.1, 0.15) is 35.5 Å². The highest BCUT2D eigenvalue weighted by molar-refractivity contribution is 6.31. The third kappa shape index (κ3) is 3.35. The molecule has 0 amide bonds. The molecule has 0 aliphatic carbocycles. The molecule has 0 radical (unpaired) electrons. The highest BCUT2D eigenvalue weighted by Gasteiger charge is 2.16. The molecule has 0 aliphatic rings. The number of nitrogens with zero attached hydrogens (tertiary/aromatic N) is 2. The molecule has 1 aromatic carbocycles. The molecule has 1 unspecified atom stereocenters. The van der Waals surface area contributed by atoms with Crippen LogP contribution in [-0.4, -0.2) is 17.2 Å². The van der Waals surface area contributed by atoms with E-state index in [2.05, 4.69) is 34.6 Å². The van der Waals surface area contributed by atoms with Crippen molar-refractivity contribution in [2.45, 2.75) is 32.7 Å². The summed E-state index contributed by atoms with van der Waals surface area (Å²) in [6.07, 6.45) is 1.72. The summed E-state index contributed by atoms with van der Waals surface area (Å²) in [7, 11) is 1.97. The summed E-state index contributed by atoms with van der Waals surface area (Å²) in [5.74, 6) is 0. The third-order valence-corrected chi connectivity index (χ3v) is 3.84. The van der Waals surface area contributed by atoms with E-state index in [0.717, 1.165) is 34.8 Å². The van der Waals surface area contributed by atoms with E-state index in [4.69, 9.17) is 11.6 Å². The number of benzene rings is 1. The van der Waals surface area contributed by atoms with Crippen molar-refractivity contribution in [1.29, 1.82) is 0 Å². The largest absolute Gasteiger partial charge is 0.313 e. The van der Waals surface area contributed by atoms with Gasteiger partial charge in [0.05, 0.1) is 11.4 Å². The van der Waals surface area contributed by atoms with Gasteiger partial charge in [0, 0.05) is 11.1 Å². The van der Waals surface area contributed by atoms with Crippen molar-refractivity contribution >= 4 is 11.6 Å². The van der Waals surface area contributed by atoms with Crippen LogP contribution in [-0.2, 0) is 12.8 Å². The second kappa shape index (κ2) is 6.82. The minimum Gasteiger partial charge on any atom is -0.313 e. The van der Waals surface area contributed by atoms with Crippen molar-refractivity contribution < 1.29 is 0 Å². The van der Waals surface area contributed by atoms with Crippen LogP contribution in [0.5, 0.6) is 0 Å². The molecule has 0 saturated carbocycles. The lowest BCUT2D eigenvalue weighted by molar-refractivity contribution is 0.579. The van der Waals surface area contributed by atoms with Gasteiger partial charge in [-0.05, 0) is 50.1 Å². The van der Waals surface area contributed by atoms with Crippen molar-refractivity contribution in [2.75, 3.05) is 7.05 Å². The molecule has 0 aliphatic heterocycles. The lowest BCUT2D eigenvalue weighted by Crippen LogP contribution is -2.21. The Morgan fingerprint density at radius 1 is 1.25 bits per heavy atom. The number of likely N-dealkylation sites (N-methyl/N-ethyl adjacent to an activating group) is 1. The number of aromatic nitrogens is 2.